The van der Waals surface area contributed by atoms with Crippen LogP contribution in [0.2, 0.25) is 0 Å². The molecule has 2 rings (SSSR count). The Balaban J connectivity index is 1.95. The number of nitrogens with one attached hydrogen (secondary N) is 1. The summed E-state index contributed by atoms with van der Waals surface area (Å²) in [6.07, 6.45) is 0. The molecule has 2 aromatic rings. The number of nitrogens with zero attached hydrogens (tertiary/aromatic N) is 1. The van der Waals surface area contributed by atoms with Gasteiger partial charge in [0, 0.05) is 19.6 Å². The third-order valence-electron chi connectivity index (χ3n) is 4.14. The van der Waals surface area contributed by atoms with E-state index in [1.807, 2.05) is 24.3 Å². The summed E-state index contributed by atoms with van der Waals surface area (Å²) in [5, 5.41) is 3.56. The zero-order valence-corrected chi connectivity index (χ0v) is 16.7. The molecule has 0 unspecified atom stereocenters. The van der Waals surface area contributed by atoms with Gasteiger partial charge in [-0.05, 0) is 42.8 Å². The Kier molecular flexibility index (Phi) is 7.49. The highest BCUT2D eigenvalue weighted by Gasteiger charge is 2.18. The summed E-state index contributed by atoms with van der Waals surface area (Å²) in [7, 11) is 5.90. The van der Waals surface area contributed by atoms with Gasteiger partial charge in [-0.2, -0.15) is 0 Å². The molecule has 0 heterocycles. The molecule has 0 aliphatic heterocycles. The van der Waals surface area contributed by atoms with Gasteiger partial charge >= 0.3 is 0 Å². The second-order valence-corrected chi connectivity index (χ2v) is 7.77. The summed E-state index contributed by atoms with van der Waals surface area (Å²) in [5.41, 5.74) is 2.56. The van der Waals surface area contributed by atoms with Crippen molar-refractivity contribution in [3.63, 3.8) is 0 Å². The number of rotatable bonds is 10. The van der Waals surface area contributed by atoms with E-state index in [1.165, 1.54) is 5.56 Å². The van der Waals surface area contributed by atoms with Crippen molar-refractivity contribution in [2.75, 3.05) is 34.3 Å². The quantitative estimate of drug-likeness (QED) is 0.699. The lowest BCUT2D eigenvalue weighted by Gasteiger charge is -2.28. The number of benzene rings is 2. The van der Waals surface area contributed by atoms with E-state index in [-0.39, 0.29) is 5.41 Å². The highest BCUT2D eigenvalue weighted by atomic mass is 16.5. The van der Waals surface area contributed by atoms with E-state index in [0.29, 0.717) is 6.61 Å². The summed E-state index contributed by atoms with van der Waals surface area (Å²) >= 11 is 0. The van der Waals surface area contributed by atoms with E-state index in [9.17, 15) is 0 Å². The van der Waals surface area contributed by atoms with E-state index < -0.39 is 0 Å². The zero-order chi connectivity index (χ0) is 19.0. The molecule has 4 nitrogen and oxygen atoms in total. The van der Waals surface area contributed by atoms with E-state index in [1.54, 1.807) is 7.11 Å². The predicted octanol–water partition coefficient (Wildman–Crippen LogP) is 3.95. The van der Waals surface area contributed by atoms with Gasteiger partial charge in [-0.1, -0.05) is 50.2 Å². The van der Waals surface area contributed by atoms with Crippen LogP contribution in [0.5, 0.6) is 11.5 Å². The van der Waals surface area contributed by atoms with Gasteiger partial charge in [-0.15, -0.1) is 0 Å². The largest absolute Gasteiger partial charge is 0.493 e. The third-order valence-corrected chi connectivity index (χ3v) is 4.14. The fourth-order valence-corrected chi connectivity index (χ4v) is 3.14. The van der Waals surface area contributed by atoms with Gasteiger partial charge < -0.3 is 19.7 Å². The minimum Gasteiger partial charge on any atom is -0.493 e. The van der Waals surface area contributed by atoms with E-state index in [0.717, 1.165) is 36.7 Å². The molecular formula is C22H32N2O2. The van der Waals surface area contributed by atoms with Gasteiger partial charge in [-0.25, -0.2) is 0 Å². The molecule has 4 heteroatoms. The van der Waals surface area contributed by atoms with E-state index in [2.05, 4.69) is 62.4 Å². The molecule has 2 aromatic carbocycles. The average Bonchev–Trinajstić information content (AvgIpc) is 2.59. The highest BCUT2D eigenvalue weighted by molar-refractivity contribution is 5.43. The molecule has 0 aliphatic rings. The summed E-state index contributed by atoms with van der Waals surface area (Å²) < 4.78 is 11.4. The molecule has 0 fully saturated rings. The minimum atomic E-state index is 0.225. The Morgan fingerprint density at radius 3 is 2.35 bits per heavy atom. The van der Waals surface area contributed by atoms with Crippen molar-refractivity contribution in [2.24, 2.45) is 5.41 Å². The van der Waals surface area contributed by atoms with Crippen LogP contribution in [-0.4, -0.2) is 39.2 Å². The Morgan fingerprint density at radius 1 is 0.962 bits per heavy atom. The van der Waals surface area contributed by atoms with Crippen LogP contribution in [0.3, 0.4) is 0 Å². The van der Waals surface area contributed by atoms with Gasteiger partial charge in [-0.3, -0.25) is 0 Å². The second kappa shape index (κ2) is 9.60. The van der Waals surface area contributed by atoms with Gasteiger partial charge in [0.2, 0.25) is 0 Å². The minimum absolute atomic E-state index is 0.225. The van der Waals surface area contributed by atoms with Crippen LogP contribution in [0.15, 0.2) is 48.5 Å². The Hall–Kier alpha value is -2.04. The van der Waals surface area contributed by atoms with Crippen molar-refractivity contribution >= 4 is 0 Å². The number of ether oxygens (including phenoxy) is 2. The molecular weight excluding hydrogens is 324 g/mol. The molecule has 142 valence electrons. The van der Waals surface area contributed by atoms with E-state index in [4.69, 9.17) is 9.47 Å². The van der Waals surface area contributed by atoms with Crippen LogP contribution in [0.1, 0.15) is 25.0 Å². The maximum Gasteiger partial charge on any atom is 0.161 e. The first-order valence-electron chi connectivity index (χ1n) is 9.09. The lowest BCUT2D eigenvalue weighted by atomic mass is 9.93. The van der Waals surface area contributed by atoms with Crippen molar-refractivity contribution in [2.45, 2.75) is 27.0 Å². The van der Waals surface area contributed by atoms with Crippen molar-refractivity contribution in [1.82, 2.24) is 10.2 Å². The van der Waals surface area contributed by atoms with Gasteiger partial charge in [0.05, 0.1) is 7.11 Å². The summed E-state index contributed by atoms with van der Waals surface area (Å²) in [6, 6.07) is 16.3. The molecule has 26 heavy (non-hydrogen) atoms. The maximum absolute atomic E-state index is 6.00. The number of hydrogen-bond acceptors (Lipinski definition) is 4. The highest BCUT2D eigenvalue weighted by Crippen LogP contribution is 2.29. The molecule has 1 N–H and O–H groups in total. The SMILES string of the molecule is COc1ccc(CNCC(C)(C)CN(C)C)cc1OCc1ccccc1. The molecule has 0 saturated heterocycles. The van der Waals surface area contributed by atoms with Gasteiger partial charge in [0.25, 0.3) is 0 Å². The first-order chi connectivity index (χ1) is 12.4. The van der Waals surface area contributed by atoms with Crippen LogP contribution in [-0.2, 0) is 13.2 Å². The Morgan fingerprint density at radius 2 is 1.69 bits per heavy atom. The third kappa shape index (κ3) is 6.70. The topological polar surface area (TPSA) is 33.7 Å². The average molecular weight is 357 g/mol. The van der Waals surface area contributed by atoms with Crippen molar-refractivity contribution in [3.05, 3.63) is 59.7 Å². The molecule has 0 amide bonds. The molecule has 0 atom stereocenters. The summed E-state index contributed by atoms with van der Waals surface area (Å²) in [5.74, 6) is 1.54. The number of methoxy groups -OCH3 is 1. The number of hydrogen-bond donors (Lipinski definition) is 1. The van der Waals surface area contributed by atoms with E-state index >= 15 is 0 Å². The van der Waals surface area contributed by atoms with Crippen LogP contribution in [0.4, 0.5) is 0 Å². The Bertz CT molecular complexity index is 669. The Labute approximate surface area is 158 Å². The zero-order valence-electron chi connectivity index (χ0n) is 16.7. The van der Waals surface area contributed by atoms with Crippen LogP contribution in [0.25, 0.3) is 0 Å². The monoisotopic (exact) mass is 356 g/mol. The van der Waals surface area contributed by atoms with Crippen LogP contribution < -0.4 is 14.8 Å². The predicted molar refractivity (Wildman–Crippen MR) is 108 cm³/mol. The molecule has 0 radical (unpaired) electrons. The van der Waals surface area contributed by atoms with Gasteiger partial charge in [0.15, 0.2) is 11.5 Å². The summed E-state index contributed by atoms with van der Waals surface area (Å²) in [4.78, 5) is 2.23. The van der Waals surface area contributed by atoms with Crippen LogP contribution in [0, 0.1) is 5.41 Å². The standard InChI is InChI=1S/C22H32N2O2/c1-22(2,17-24(3)4)16-23-14-19-11-12-20(25-5)21(13-19)26-15-18-9-7-6-8-10-18/h6-13,23H,14-17H2,1-5H3. The van der Waals surface area contributed by atoms with Crippen molar-refractivity contribution in [1.29, 1.82) is 0 Å². The lowest BCUT2D eigenvalue weighted by Crippen LogP contribution is -2.37. The maximum atomic E-state index is 6.00. The summed E-state index contributed by atoms with van der Waals surface area (Å²) in [6.45, 7) is 7.91. The van der Waals surface area contributed by atoms with Gasteiger partial charge in [0.1, 0.15) is 6.61 Å². The smallest absolute Gasteiger partial charge is 0.161 e. The van der Waals surface area contributed by atoms with Crippen molar-refractivity contribution in [3.8, 4) is 11.5 Å². The fraction of sp³-hybridized carbons (Fsp3) is 0.455. The normalized spacial score (nSPS) is 11.6. The first-order valence-corrected chi connectivity index (χ1v) is 9.09. The molecule has 0 aliphatic carbocycles. The lowest BCUT2D eigenvalue weighted by molar-refractivity contribution is 0.232. The first kappa shape index (κ1) is 20.3. The molecule has 0 spiro atoms. The fourth-order valence-electron chi connectivity index (χ4n) is 3.14. The second-order valence-electron chi connectivity index (χ2n) is 7.77. The van der Waals surface area contributed by atoms with Crippen LogP contribution >= 0.6 is 0 Å². The molecule has 0 bridgehead atoms. The van der Waals surface area contributed by atoms with Crippen molar-refractivity contribution < 1.29 is 9.47 Å². The molecule has 0 aromatic heterocycles. The molecule has 0 saturated carbocycles.